The van der Waals surface area contributed by atoms with Crippen molar-refractivity contribution in [2.24, 2.45) is 20.7 Å². The van der Waals surface area contributed by atoms with Crippen molar-refractivity contribution in [3.05, 3.63) is 41.5 Å². The van der Waals surface area contributed by atoms with Gasteiger partial charge in [0.1, 0.15) is 0 Å². The first-order valence-electron chi connectivity index (χ1n) is 5.04. The topological polar surface area (TPSA) is 49.4 Å². The Kier molecular flexibility index (Phi) is 2.38. The fourth-order valence-corrected chi connectivity index (χ4v) is 2.79. The van der Waals surface area contributed by atoms with Crippen molar-refractivity contribution >= 4 is 22.5 Å². The van der Waals surface area contributed by atoms with E-state index in [1.807, 2.05) is 0 Å². The SMILES string of the molecule is C1=Cc2ccccc2C([S]=C2N=NN=N2)C1. The molecule has 0 saturated carbocycles. The number of allylic oxidation sites excluding steroid dienone is 1. The van der Waals surface area contributed by atoms with Crippen molar-refractivity contribution < 1.29 is 0 Å². The fraction of sp³-hybridized carbons (Fsp3) is 0.182. The van der Waals surface area contributed by atoms with Gasteiger partial charge in [-0.3, -0.25) is 0 Å². The zero-order chi connectivity index (χ0) is 10.8. The van der Waals surface area contributed by atoms with Gasteiger partial charge in [-0.1, -0.05) is 46.6 Å². The summed E-state index contributed by atoms with van der Waals surface area (Å²) in [5.41, 5.74) is 2.61. The Morgan fingerprint density at radius 2 is 1.94 bits per heavy atom. The van der Waals surface area contributed by atoms with Crippen molar-refractivity contribution in [2.75, 3.05) is 0 Å². The molecule has 1 radical (unpaired) electrons. The van der Waals surface area contributed by atoms with Gasteiger partial charge in [-0.25, -0.2) is 0 Å². The molecule has 0 aromatic heterocycles. The van der Waals surface area contributed by atoms with E-state index in [0.29, 0.717) is 10.4 Å². The Morgan fingerprint density at radius 1 is 1.12 bits per heavy atom. The minimum absolute atomic E-state index is 0.368. The van der Waals surface area contributed by atoms with E-state index in [0.717, 1.165) is 6.42 Å². The molecule has 2 aliphatic rings. The Morgan fingerprint density at radius 3 is 2.81 bits per heavy atom. The molecule has 0 saturated heterocycles. The number of fused-ring (bicyclic) bond motifs is 1. The van der Waals surface area contributed by atoms with Gasteiger partial charge < -0.3 is 0 Å². The molecule has 1 aliphatic heterocycles. The molecule has 3 rings (SSSR count). The van der Waals surface area contributed by atoms with Crippen LogP contribution >= 0.6 is 11.4 Å². The first-order valence-corrected chi connectivity index (χ1v) is 5.92. The van der Waals surface area contributed by atoms with Crippen LogP contribution < -0.4 is 0 Å². The van der Waals surface area contributed by atoms with E-state index < -0.39 is 0 Å². The second-order valence-electron chi connectivity index (χ2n) is 3.53. The number of hydrogen-bond acceptors (Lipinski definition) is 2. The Balaban J connectivity index is 1.99. The molecule has 1 unspecified atom stereocenters. The highest BCUT2D eigenvalue weighted by Gasteiger charge is 2.16. The van der Waals surface area contributed by atoms with Gasteiger partial charge in [-0.2, -0.15) is 0 Å². The lowest BCUT2D eigenvalue weighted by Crippen LogP contribution is -1.99. The minimum Gasteiger partial charge on any atom is -0.122 e. The third-order valence-electron chi connectivity index (χ3n) is 2.54. The van der Waals surface area contributed by atoms with Crippen LogP contribution in [0.2, 0.25) is 0 Å². The van der Waals surface area contributed by atoms with Crippen LogP contribution in [0.1, 0.15) is 22.8 Å². The fourth-order valence-electron chi connectivity index (χ4n) is 1.82. The van der Waals surface area contributed by atoms with Crippen molar-refractivity contribution in [2.45, 2.75) is 11.7 Å². The van der Waals surface area contributed by atoms with Crippen LogP contribution in [0, 0.1) is 0 Å². The average Bonchev–Trinajstić information content (AvgIpc) is 2.82. The van der Waals surface area contributed by atoms with Gasteiger partial charge in [0.15, 0.2) is 0 Å². The van der Waals surface area contributed by atoms with Gasteiger partial charge in [0, 0.05) is 0 Å². The monoisotopic (exact) mass is 229 g/mol. The zero-order valence-corrected chi connectivity index (χ0v) is 9.26. The Labute approximate surface area is 96.7 Å². The third-order valence-corrected chi connectivity index (χ3v) is 3.64. The van der Waals surface area contributed by atoms with Gasteiger partial charge in [0.2, 0.25) is 5.11 Å². The molecular formula is C11H9N4S. The third kappa shape index (κ3) is 1.69. The highest BCUT2D eigenvalue weighted by molar-refractivity contribution is 7.98. The summed E-state index contributed by atoms with van der Waals surface area (Å²) < 4.78 is 0. The van der Waals surface area contributed by atoms with Crippen LogP contribution in [-0.4, -0.2) is 5.11 Å². The maximum atomic E-state index is 3.85. The molecular weight excluding hydrogens is 220 g/mol. The van der Waals surface area contributed by atoms with E-state index in [2.05, 4.69) is 57.1 Å². The summed E-state index contributed by atoms with van der Waals surface area (Å²) in [7, 11) is 0. The molecule has 16 heavy (non-hydrogen) atoms. The minimum atomic E-state index is 0.368. The van der Waals surface area contributed by atoms with Crippen LogP contribution in [0.15, 0.2) is 51.0 Å². The summed E-state index contributed by atoms with van der Waals surface area (Å²) in [6, 6.07) is 8.40. The van der Waals surface area contributed by atoms with Gasteiger partial charge >= 0.3 is 0 Å². The van der Waals surface area contributed by atoms with Crippen molar-refractivity contribution in [1.82, 2.24) is 0 Å². The lowest BCUT2D eigenvalue weighted by molar-refractivity contribution is 0.962. The number of benzene rings is 1. The molecule has 5 heteroatoms. The van der Waals surface area contributed by atoms with Gasteiger partial charge in [-0.15, -0.1) is 11.4 Å². The van der Waals surface area contributed by atoms with Crippen LogP contribution in [0.4, 0.5) is 0 Å². The van der Waals surface area contributed by atoms with Crippen LogP contribution in [-0.2, 0) is 0 Å². The van der Waals surface area contributed by atoms with Crippen molar-refractivity contribution in [3.63, 3.8) is 0 Å². The molecule has 1 aliphatic carbocycles. The molecule has 79 valence electrons. The number of hydrogen-bond donors (Lipinski definition) is 0. The maximum Gasteiger partial charge on any atom is 0.250 e. The maximum absolute atomic E-state index is 3.85. The van der Waals surface area contributed by atoms with Gasteiger partial charge in [-0.05, 0) is 28.0 Å². The largest absolute Gasteiger partial charge is 0.250 e. The lowest BCUT2D eigenvalue weighted by Gasteiger charge is -2.17. The van der Waals surface area contributed by atoms with Crippen molar-refractivity contribution in [3.8, 4) is 0 Å². The number of rotatable bonds is 1. The van der Waals surface area contributed by atoms with E-state index in [-0.39, 0.29) is 0 Å². The van der Waals surface area contributed by atoms with Gasteiger partial charge in [0.05, 0.1) is 5.25 Å². The summed E-state index contributed by atoms with van der Waals surface area (Å²) in [4.78, 5) is 0. The molecule has 1 aromatic rings. The average molecular weight is 229 g/mol. The quantitative estimate of drug-likeness (QED) is 0.658. The van der Waals surface area contributed by atoms with Crippen molar-refractivity contribution in [1.29, 1.82) is 0 Å². The van der Waals surface area contributed by atoms with E-state index in [4.69, 9.17) is 0 Å². The predicted molar refractivity (Wildman–Crippen MR) is 65.1 cm³/mol. The molecule has 0 N–H and O–H groups in total. The second-order valence-corrected chi connectivity index (χ2v) is 4.70. The van der Waals surface area contributed by atoms with E-state index in [1.165, 1.54) is 11.1 Å². The first kappa shape index (κ1) is 9.47. The molecule has 0 spiro atoms. The number of nitrogens with zero attached hydrogens (tertiary/aromatic N) is 4. The zero-order valence-electron chi connectivity index (χ0n) is 8.45. The molecule has 1 heterocycles. The highest BCUT2D eigenvalue weighted by Crippen LogP contribution is 2.35. The predicted octanol–water partition coefficient (Wildman–Crippen LogP) is 3.80. The van der Waals surface area contributed by atoms with E-state index in [1.54, 1.807) is 11.4 Å². The molecule has 0 fully saturated rings. The van der Waals surface area contributed by atoms with Crippen LogP contribution in [0.3, 0.4) is 0 Å². The standard InChI is InChI=1S/C11H9N4S/c1-2-6-9-8(4-1)5-3-7-10(9)16-11-12-14-15-13-11/h1-6,10H,7H2. The summed E-state index contributed by atoms with van der Waals surface area (Å²) in [6.07, 6.45) is 5.34. The van der Waals surface area contributed by atoms with E-state index >= 15 is 0 Å². The molecule has 4 nitrogen and oxygen atoms in total. The summed E-state index contributed by atoms with van der Waals surface area (Å²) in [6.45, 7) is 0. The Hall–Kier alpha value is -1.75. The van der Waals surface area contributed by atoms with E-state index in [9.17, 15) is 0 Å². The summed E-state index contributed by atoms with van der Waals surface area (Å²) in [5.74, 6) is 0. The van der Waals surface area contributed by atoms with Gasteiger partial charge in [0.25, 0.3) is 0 Å². The Bertz CT molecular complexity index is 517. The lowest BCUT2D eigenvalue weighted by atomic mass is 9.97. The van der Waals surface area contributed by atoms with Crippen LogP contribution in [0.5, 0.6) is 0 Å². The molecule has 0 amide bonds. The smallest absolute Gasteiger partial charge is 0.122 e. The van der Waals surface area contributed by atoms with Crippen LogP contribution in [0.25, 0.3) is 6.08 Å². The summed E-state index contributed by atoms with van der Waals surface area (Å²) >= 11 is 1.62. The normalized spacial score (nSPS) is 21.2. The first-order chi connectivity index (χ1) is 7.93. The molecule has 1 atom stereocenters. The second kappa shape index (κ2) is 4.02. The highest BCUT2D eigenvalue weighted by atomic mass is 32.1. The molecule has 1 aromatic carbocycles. The molecule has 0 bridgehead atoms. The summed E-state index contributed by atoms with van der Waals surface area (Å²) in [5, 5.41) is 15.7.